The van der Waals surface area contributed by atoms with E-state index < -0.39 is 11.9 Å². The van der Waals surface area contributed by atoms with E-state index in [1.165, 1.54) is 0 Å². The lowest BCUT2D eigenvalue weighted by Gasteiger charge is -2.12. The number of para-hydroxylation sites is 3. The van der Waals surface area contributed by atoms with Crippen LogP contribution in [0.4, 0.5) is 5.69 Å². The number of fused-ring (bicyclic) bond motifs is 1. The first-order valence-corrected chi connectivity index (χ1v) is 9.93. The molecule has 0 aliphatic rings. The van der Waals surface area contributed by atoms with Crippen molar-refractivity contribution in [3.05, 3.63) is 103 Å². The first kappa shape index (κ1) is 20.2. The molecule has 0 heterocycles. The van der Waals surface area contributed by atoms with Crippen molar-refractivity contribution < 1.29 is 19.1 Å². The highest BCUT2D eigenvalue weighted by Gasteiger charge is 2.13. The van der Waals surface area contributed by atoms with Crippen molar-refractivity contribution in [2.24, 2.45) is 0 Å². The van der Waals surface area contributed by atoms with Gasteiger partial charge in [0.1, 0.15) is 5.75 Å². The van der Waals surface area contributed by atoms with Crippen LogP contribution in [0, 0.1) is 0 Å². The van der Waals surface area contributed by atoms with Gasteiger partial charge in [0.25, 0.3) is 5.91 Å². The Morgan fingerprint density at radius 2 is 1.45 bits per heavy atom. The van der Waals surface area contributed by atoms with Gasteiger partial charge >= 0.3 is 5.97 Å². The summed E-state index contributed by atoms with van der Waals surface area (Å²) in [5, 5.41) is 4.79. The predicted octanol–water partition coefficient (Wildman–Crippen LogP) is 5.36. The molecule has 4 aromatic rings. The summed E-state index contributed by atoms with van der Waals surface area (Å²) < 4.78 is 11.0. The Morgan fingerprint density at radius 1 is 0.742 bits per heavy atom. The van der Waals surface area contributed by atoms with Crippen LogP contribution in [-0.2, 0) is 20.7 Å². The Bertz CT molecular complexity index is 1200. The van der Waals surface area contributed by atoms with E-state index in [9.17, 15) is 9.59 Å². The fourth-order valence-corrected chi connectivity index (χ4v) is 3.26. The van der Waals surface area contributed by atoms with Crippen LogP contribution in [0.3, 0.4) is 0 Å². The molecule has 5 heteroatoms. The summed E-state index contributed by atoms with van der Waals surface area (Å²) in [4.78, 5) is 24.6. The zero-order chi connectivity index (χ0) is 21.5. The summed E-state index contributed by atoms with van der Waals surface area (Å²) in [6.45, 7) is -0.372. The fraction of sp³-hybridized carbons (Fsp3) is 0.0769. The van der Waals surface area contributed by atoms with Gasteiger partial charge in [0.2, 0.25) is 0 Å². The quantitative estimate of drug-likeness (QED) is 0.416. The maximum atomic E-state index is 12.3. The predicted molar refractivity (Wildman–Crippen MR) is 120 cm³/mol. The van der Waals surface area contributed by atoms with Crippen LogP contribution in [0.1, 0.15) is 5.56 Å². The molecule has 4 rings (SSSR count). The van der Waals surface area contributed by atoms with Crippen LogP contribution in [0.5, 0.6) is 11.5 Å². The highest BCUT2D eigenvalue weighted by Crippen LogP contribution is 2.29. The van der Waals surface area contributed by atoms with Gasteiger partial charge in [-0.05, 0) is 40.6 Å². The van der Waals surface area contributed by atoms with E-state index in [0.29, 0.717) is 17.2 Å². The first-order chi connectivity index (χ1) is 15.2. The van der Waals surface area contributed by atoms with Crippen molar-refractivity contribution in [3.8, 4) is 11.5 Å². The molecular formula is C26H21NO4. The number of carbonyl (C=O) groups is 2. The monoisotopic (exact) mass is 411 g/mol. The third-order valence-electron chi connectivity index (χ3n) is 4.71. The summed E-state index contributed by atoms with van der Waals surface area (Å²) in [7, 11) is 0. The second kappa shape index (κ2) is 9.59. The molecule has 0 saturated carbocycles. The zero-order valence-corrected chi connectivity index (χ0v) is 16.8. The van der Waals surface area contributed by atoms with Crippen LogP contribution in [-0.4, -0.2) is 18.5 Å². The Balaban J connectivity index is 1.35. The molecule has 4 aromatic carbocycles. The van der Waals surface area contributed by atoms with Crippen molar-refractivity contribution >= 4 is 28.3 Å². The number of hydrogen-bond donors (Lipinski definition) is 1. The fourth-order valence-electron chi connectivity index (χ4n) is 3.26. The number of rotatable bonds is 7. The molecule has 0 aromatic heterocycles. The molecule has 5 nitrogen and oxygen atoms in total. The minimum atomic E-state index is -0.458. The van der Waals surface area contributed by atoms with E-state index >= 15 is 0 Å². The van der Waals surface area contributed by atoms with Crippen molar-refractivity contribution in [1.29, 1.82) is 0 Å². The topological polar surface area (TPSA) is 64.6 Å². The molecule has 0 aliphatic heterocycles. The summed E-state index contributed by atoms with van der Waals surface area (Å²) in [6.07, 6.45) is 0.0995. The Labute approximate surface area is 180 Å². The average Bonchev–Trinajstić information content (AvgIpc) is 2.80. The second-order valence-electron chi connectivity index (χ2n) is 6.94. The van der Waals surface area contributed by atoms with Gasteiger partial charge in [-0.15, -0.1) is 0 Å². The van der Waals surface area contributed by atoms with E-state index in [1.54, 1.807) is 18.2 Å². The molecule has 154 valence electrons. The number of ether oxygens (including phenoxy) is 2. The van der Waals surface area contributed by atoms with E-state index in [-0.39, 0.29) is 13.0 Å². The molecule has 1 amide bonds. The van der Waals surface area contributed by atoms with Gasteiger partial charge in [0.15, 0.2) is 12.4 Å². The van der Waals surface area contributed by atoms with Gasteiger partial charge in [-0.1, -0.05) is 72.8 Å². The van der Waals surface area contributed by atoms with Crippen LogP contribution >= 0.6 is 0 Å². The number of carbonyl (C=O) groups excluding carboxylic acids is 2. The lowest BCUT2D eigenvalue weighted by molar-refractivity contribution is -0.146. The number of benzene rings is 4. The van der Waals surface area contributed by atoms with Crippen molar-refractivity contribution in [2.75, 3.05) is 11.9 Å². The van der Waals surface area contributed by atoms with E-state index in [0.717, 1.165) is 16.3 Å². The maximum absolute atomic E-state index is 12.3. The normalized spacial score (nSPS) is 10.5. The molecule has 0 spiro atoms. The van der Waals surface area contributed by atoms with Gasteiger partial charge in [0.05, 0.1) is 12.1 Å². The molecule has 0 saturated heterocycles. The minimum absolute atomic E-state index is 0.0995. The molecule has 0 atom stereocenters. The summed E-state index contributed by atoms with van der Waals surface area (Å²) in [6, 6.07) is 30.0. The van der Waals surface area contributed by atoms with Gasteiger partial charge in [-0.2, -0.15) is 0 Å². The Kier molecular flexibility index (Phi) is 6.24. The SMILES string of the molecule is O=C(COC(=O)Cc1cccc2ccccc12)Nc1ccccc1Oc1ccccc1. The van der Waals surface area contributed by atoms with Gasteiger partial charge < -0.3 is 14.8 Å². The highest BCUT2D eigenvalue weighted by atomic mass is 16.5. The summed E-state index contributed by atoms with van der Waals surface area (Å²) in [5.74, 6) is 0.269. The lowest BCUT2D eigenvalue weighted by atomic mass is 10.0. The third kappa shape index (κ3) is 5.28. The van der Waals surface area contributed by atoms with Crippen LogP contribution < -0.4 is 10.1 Å². The van der Waals surface area contributed by atoms with Gasteiger partial charge in [0, 0.05) is 0 Å². The molecule has 0 radical (unpaired) electrons. The second-order valence-corrected chi connectivity index (χ2v) is 6.94. The summed E-state index contributed by atoms with van der Waals surface area (Å²) >= 11 is 0. The number of hydrogen-bond acceptors (Lipinski definition) is 4. The molecule has 0 bridgehead atoms. The highest BCUT2D eigenvalue weighted by molar-refractivity contribution is 5.95. The largest absolute Gasteiger partial charge is 0.455 e. The lowest BCUT2D eigenvalue weighted by Crippen LogP contribution is -2.22. The van der Waals surface area contributed by atoms with Crippen LogP contribution in [0.25, 0.3) is 10.8 Å². The zero-order valence-electron chi connectivity index (χ0n) is 16.8. The number of nitrogens with one attached hydrogen (secondary N) is 1. The van der Waals surface area contributed by atoms with Crippen molar-refractivity contribution in [3.63, 3.8) is 0 Å². The molecule has 0 aliphatic carbocycles. The number of anilines is 1. The van der Waals surface area contributed by atoms with Gasteiger partial charge in [-0.3, -0.25) is 9.59 Å². The molecule has 1 N–H and O–H groups in total. The smallest absolute Gasteiger partial charge is 0.310 e. The molecule has 0 fully saturated rings. The van der Waals surface area contributed by atoms with E-state index in [1.807, 2.05) is 78.9 Å². The minimum Gasteiger partial charge on any atom is -0.455 e. The third-order valence-corrected chi connectivity index (χ3v) is 4.71. The standard InChI is InChI=1S/C26H21NO4/c28-25(27-23-15-6-7-16-24(23)31-21-12-2-1-3-13-21)18-30-26(29)17-20-11-8-10-19-9-4-5-14-22(19)20/h1-16H,17-18H2,(H,27,28). The van der Waals surface area contributed by atoms with Crippen molar-refractivity contribution in [1.82, 2.24) is 0 Å². The van der Waals surface area contributed by atoms with E-state index in [2.05, 4.69) is 5.32 Å². The Morgan fingerprint density at radius 3 is 2.32 bits per heavy atom. The van der Waals surface area contributed by atoms with Crippen molar-refractivity contribution in [2.45, 2.75) is 6.42 Å². The molecule has 31 heavy (non-hydrogen) atoms. The van der Waals surface area contributed by atoms with Gasteiger partial charge in [-0.25, -0.2) is 0 Å². The maximum Gasteiger partial charge on any atom is 0.310 e. The summed E-state index contributed by atoms with van der Waals surface area (Å²) in [5.41, 5.74) is 1.37. The van der Waals surface area contributed by atoms with E-state index in [4.69, 9.17) is 9.47 Å². The first-order valence-electron chi connectivity index (χ1n) is 9.93. The molecular weight excluding hydrogens is 390 g/mol. The Hall–Kier alpha value is -4.12. The molecule has 0 unspecified atom stereocenters. The van der Waals surface area contributed by atoms with Crippen LogP contribution in [0.2, 0.25) is 0 Å². The number of amides is 1. The van der Waals surface area contributed by atoms with Crippen LogP contribution in [0.15, 0.2) is 97.1 Å². The number of esters is 1. The average molecular weight is 411 g/mol.